The molecule has 0 amide bonds. The Balaban J connectivity index is 1.69. The van der Waals surface area contributed by atoms with Gasteiger partial charge in [0.2, 0.25) is 10.0 Å². The number of carboxylic acid groups (broad SMARTS) is 1. The van der Waals surface area contributed by atoms with Crippen LogP contribution in [0.25, 0.3) is 0 Å². The van der Waals surface area contributed by atoms with Crippen LogP contribution in [0.4, 0.5) is 10.1 Å². The summed E-state index contributed by atoms with van der Waals surface area (Å²) in [7, 11) is -3.87. The average molecular weight is 487 g/mol. The van der Waals surface area contributed by atoms with Gasteiger partial charge in [-0.1, -0.05) is 11.6 Å². The zero-order valence-corrected chi connectivity index (χ0v) is 19.2. The number of rotatable bonds is 8. The highest BCUT2D eigenvalue weighted by molar-refractivity contribution is 7.89. The van der Waals surface area contributed by atoms with Crippen molar-refractivity contribution in [2.75, 3.05) is 37.7 Å². The molecule has 0 spiro atoms. The Labute approximate surface area is 191 Å². The first-order valence-electron chi connectivity index (χ1n) is 9.93. The lowest BCUT2D eigenvalue weighted by Crippen LogP contribution is -2.48. The number of carboxylic acids is 1. The van der Waals surface area contributed by atoms with E-state index in [9.17, 15) is 17.6 Å². The molecule has 32 heavy (non-hydrogen) atoms. The third-order valence-corrected chi connectivity index (χ3v) is 6.98. The molecule has 1 fully saturated rings. The predicted molar refractivity (Wildman–Crippen MR) is 118 cm³/mol. The topological polar surface area (TPSA) is 96.4 Å². The summed E-state index contributed by atoms with van der Waals surface area (Å²) >= 11 is 6.06. The normalized spacial score (nSPS) is 15.1. The number of aliphatic carboxylic acids is 1. The number of ether oxygens (including phenoxy) is 2. The molecule has 0 bridgehead atoms. The molecule has 1 saturated heterocycles. The smallest absolute Gasteiger partial charge is 0.341 e. The molecule has 1 N–H and O–H groups in total. The largest absolute Gasteiger partial charge is 0.488 e. The van der Waals surface area contributed by atoms with Crippen molar-refractivity contribution in [2.45, 2.75) is 24.8 Å². The van der Waals surface area contributed by atoms with Gasteiger partial charge < -0.3 is 19.5 Å². The average Bonchev–Trinajstić information content (AvgIpc) is 2.74. The third kappa shape index (κ3) is 5.62. The van der Waals surface area contributed by atoms with Crippen LogP contribution in [0.3, 0.4) is 0 Å². The molecule has 11 heteroatoms. The lowest BCUT2D eigenvalue weighted by Gasteiger charge is -2.35. The Hall–Kier alpha value is -2.56. The van der Waals surface area contributed by atoms with E-state index >= 15 is 0 Å². The van der Waals surface area contributed by atoms with Gasteiger partial charge in [0.25, 0.3) is 0 Å². The number of carbonyl (C=O) groups is 1. The molecular formula is C21H24ClFN2O6S. The van der Waals surface area contributed by atoms with Crippen LogP contribution in [0.5, 0.6) is 11.5 Å². The molecule has 0 radical (unpaired) electrons. The van der Waals surface area contributed by atoms with E-state index in [2.05, 4.69) is 0 Å². The second-order valence-electron chi connectivity index (χ2n) is 7.45. The second kappa shape index (κ2) is 9.93. The molecule has 0 atom stereocenters. The fourth-order valence-corrected chi connectivity index (χ4v) is 4.87. The van der Waals surface area contributed by atoms with Crippen molar-refractivity contribution in [3.8, 4) is 11.5 Å². The third-order valence-electron chi connectivity index (χ3n) is 4.77. The van der Waals surface area contributed by atoms with Gasteiger partial charge in [0.05, 0.1) is 16.0 Å². The summed E-state index contributed by atoms with van der Waals surface area (Å²) in [4.78, 5) is 12.5. The quantitative estimate of drug-likeness (QED) is 0.611. The maximum atomic E-state index is 14.3. The number of nitrogens with zero attached hydrogens (tertiary/aromatic N) is 2. The summed E-state index contributed by atoms with van der Waals surface area (Å²) in [5.41, 5.74) is 0.730. The Bertz CT molecular complexity index is 1090. The van der Waals surface area contributed by atoms with Gasteiger partial charge in [-0.25, -0.2) is 17.6 Å². The molecule has 2 aromatic carbocycles. The van der Waals surface area contributed by atoms with Crippen LogP contribution < -0.4 is 14.4 Å². The van der Waals surface area contributed by atoms with Crippen molar-refractivity contribution in [3.63, 3.8) is 0 Å². The fraction of sp³-hybridized carbons (Fsp3) is 0.381. The number of piperazine rings is 1. The van der Waals surface area contributed by atoms with Gasteiger partial charge in [-0.15, -0.1) is 0 Å². The maximum absolute atomic E-state index is 14.3. The Morgan fingerprint density at radius 1 is 1.12 bits per heavy atom. The van der Waals surface area contributed by atoms with Crippen molar-refractivity contribution in [2.24, 2.45) is 0 Å². The monoisotopic (exact) mass is 486 g/mol. The molecule has 0 saturated carbocycles. The Morgan fingerprint density at radius 3 is 2.41 bits per heavy atom. The number of benzene rings is 2. The van der Waals surface area contributed by atoms with Crippen LogP contribution in [-0.2, 0) is 14.8 Å². The van der Waals surface area contributed by atoms with Gasteiger partial charge in [-0.2, -0.15) is 4.31 Å². The standard InChI is InChI=1S/C21H24ClFN2O6S/c1-14(2)31-19-6-4-16(12-18(19)23)32(28,29)25-9-7-24(8-10-25)15-3-5-17(22)20(11-15)30-13-21(26)27/h3-6,11-12,14H,7-10,13H2,1-2H3,(H,26,27). The summed E-state index contributed by atoms with van der Waals surface area (Å²) in [5.74, 6) is -1.60. The highest BCUT2D eigenvalue weighted by Gasteiger charge is 2.29. The van der Waals surface area contributed by atoms with Crippen LogP contribution in [0.15, 0.2) is 41.3 Å². The molecule has 1 heterocycles. The first kappa shape index (κ1) is 24.1. The van der Waals surface area contributed by atoms with Gasteiger partial charge in [-0.05, 0) is 44.2 Å². The van der Waals surface area contributed by atoms with Crippen LogP contribution in [-0.4, -0.2) is 62.7 Å². The van der Waals surface area contributed by atoms with E-state index in [0.29, 0.717) is 13.1 Å². The Morgan fingerprint density at radius 2 is 1.81 bits per heavy atom. The second-order valence-corrected chi connectivity index (χ2v) is 9.79. The molecule has 0 aliphatic carbocycles. The van der Waals surface area contributed by atoms with Crippen molar-refractivity contribution >= 4 is 33.3 Å². The number of hydrogen-bond donors (Lipinski definition) is 1. The predicted octanol–water partition coefficient (Wildman–Crippen LogP) is 3.24. The van der Waals surface area contributed by atoms with E-state index < -0.39 is 28.4 Å². The molecule has 3 rings (SSSR count). The van der Waals surface area contributed by atoms with Crippen molar-refractivity contribution in [1.82, 2.24) is 4.31 Å². The van der Waals surface area contributed by atoms with E-state index in [1.165, 1.54) is 16.4 Å². The fourth-order valence-electron chi connectivity index (χ4n) is 3.27. The number of sulfonamides is 1. The molecule has 1 aliphatic heterocycles. The summed E-state index contributed by atoms with van der Waals surface area (Å²) in [6, 6.07) is 8.62. The van der Waals surface area contributed by atoms with Crippen molar-refractivity contribution < 1.29 is 32.2 Å². The van der Waals surface area contributed by atoms with E-state index in [-0.39, 0.29) is 40.6 Å². The minimum absolute atomic E-state index is 0.00688. The summed E-state index contributed by atoms with van der Waals surface area (Å²) in [6.07, 6.45) is -0.233. The lowest BCUT2D eigenvalue weighted by molar-refractivity contribution is -0.139. The summed E-state index contributed by atoms with van der Waals surface area (Å²) in [5, 5.41) is 9.06. The Kier molecular flexibility index (Phi) is 7.47. The van der Waals surface area contributed by atoms with Crippen molar-refractivity contribution in [1.29, 1.82) is 0 Å². The summed E-state index contributed by atoms with van der Waals surface area (Å²) < 4.78 is 52.1. The number of halogens is 2. The molecule has 8 nitrogen and oxygen atoms in total. The van der Waals surface area contributed by atoms with E-state index in [4.69, 9.17) is 26.2 Å². The SMILES string of the molecule is CC(C)Oc1ccc(S(=O)(=O)N2CCN(c3ccc(Cl)c(OCC(=O)O)c3)CC2)cc1F. The first-order chi connectivity index (χ1) is 15.1. The van der Waals surface area contributed by atoms with Gasteiger partial charge in [0, 0.05) is 37.9 Å². The zero-order valence-electron chi connectivity index (χ0n) is 17.6. The summed E-state index contributed by atoms with van der Waals surface area (Å²) in [6.45, 7) is 4.15. The van der Waals surface area contributed by atoms with Gasteiger partial charge in [0.1, 0.15) is 5.75 Å². The number of anilines is 1. The molecule has 0 aromatic heterocycles. The molecule has 0 unspecified atom stereocenters. The van der Waals surface area contributed by atoms with Crippen LogP contribution in [0.1, 0.15) is 13.8 Å². The number of hydrogen-bond acceptors (Lipinski definition) is 6. The van der Waals surface area contributed by atoms with E-state index in [0.717, 1.165) is 11.8 Å². The molecule has 174 valence electrons. The van der Waals surface area contributed by atoms with Crippen LogP contribution in [0.2, 0.25) is 5.02 Å². The highest BCUT2D eigenvalue weighted by atomic mass is 35.5. The molecular weight excluding hydrogens is 463 g/mol. The first-order valence-corrected chi connectivity index (χ1v) is 11.7. The van der Waals surface area contributed by atoms with Crippen molar-refractivity contribution in [3.05, 3.63) is 47.2 Å². The van der Waals surface area contributed by atoms with Gasteiger partial charge in [0.15, 0.2) is 18.2 Å². The maximum Gasteiger partial charge on any atom is 0.341 e. The van der Waals surface area contributed by atoms with E-state index in [1.807, 2.05) is 4.90 Å². The van der Waals surface area contributed by atoms with Gasteiger partial charge >= 0.3 is 5.97 Å². The zero-order chi connectivity index (χ0) is 23.5. The lowest BCUT2D eigenvalue weighted by atomic mass is 10.2. The highest BCUT2D eigenvalue weighted by Crippen LogP contribution is 2.31. The van der Waals surface area contributed by atoms with Gasteiger partial charge in [-0.3, -0.25) is 0 Å². The van der Waals surface area contributed by atoms with Crippen LogP contribution in [0, 0.1) is 5.82 Å². The van der Waals surface area contributed by atoms with Crippen LogP contribution >= 0.6 is 11.6 Å². The minimum Gasteiger partial charge on any atom is -0.488 e. The van der Waals surface area contributed by atoms with E-state index in [1.54, 1.807) is 32.0 Å². The molecule has 2 aromatic rings. The minimum atomic E-state index is -3.87. The molecule has 1 aliphatic rings.